The van der Waals surface area contributed by atoms with Crippen molar-refractivity contribution >= 4 is 0 Å². The first-order chi connectivity index (χ1) is 7.59. The van der Waals surface area contributed by atoms with Crippen LogP contribution in [-0.4, -0.2) is 17.1 Å². The number of ether oxygens (including phenoxy) is 1. The molecular weight excluding hydrogens is 211 g/mol. The molecule has 0 unspecified atom stereocenters. The molecule has 0 aliphatic heterocycles. The summed E-state index contributed by atoms with van der Waals surface area (Å²) in [4.78, 5) is 17.9. The largest absolute Gasteiger partial charge is 0.370 e. The molecule has 1 aromatic rings. The molecule has 1 fully saturated rings. The summed E-state index contributed by atoms with van der Waals surface area (Å²) in [7, 11) is 1.60. The van der Waals surface area contributed by atoms with Gasteiger partial charge in [0.1, 0.15) is 11.4 Å². The van der Waals surface area contributed by atoms with Crippen molar-refractivity contribution < 1.29 is 9.13 Å². The maximum Gasteiger partial charge on any atom is 0.287 e. The Kier molecular flexibility index (Phi) is 2.80. The Morgan fingerprint density at radius 3 is 2.56 bits per heavy atom. The molecule has 2 rings (SSSR count). The molecule has 5 heteroatoms. The number of nitrogens with one attached hydrogen (secondary N) is 1. The summed E-state index contributed by atoms with van der Waals surface area (Å²) in [6.07, 6.45) is 3.71. The van der Waals surface area contributed by atoms with E-state index in [-0.39, 0.29) is 5.69 Å². The summed E-state index contributed by atoms with van der Waals surface area (Å²) in [6, 6.07) is 0. The fourth-order valence-corrected chi connectivity index (χ4v) is 2.27. The molecule has 1 aliphatic rings. The van der Waals surface area contributed by atoms with Crippen molar-refractivity contribution in [3.05, 3.63) is 27.7 Å². The third-order valence-corrected chi connectivity index (χ3v) is 3.26. The second-order valence-electron chi connectivity index (χ2n) is 4.22. The number of hydrogen-bond donors (Lipinski definition) is 1. The Balaban J connectivity index is 2.51. The van der Waals surface area contributed by atoms with Crippen LogP contribution in [-0.2, 0) is 10.3 Å². The van der Waals surface area contributed by atoms with Crippen LogP contribution in [0.25, 0.3) is 0 Å². The zero-order valence-electron chi connectivity index (χ0n) is 9.47. The summed E-state index contributed by atoms with van der Waals surface area (Å²) < 4.78 is 18.7. The lowest BCUT2D eigenvalue weighted by molar-refractivity contribution is -0.0168. The van der Waals surface area contributed by atoms with Crippen molar-refractivity contribution in [3.63, 3.8) is 0 Å². The SMILES string of the molecule is COC1(c2nc(C)c(F)c(=O)[nH]2)CCCC1. The Bertz CT molecular complexity index is 450. The summed E-state index contributed by atoms with van der Waals surface area (Å²) in [5.74, 6) is -0.357. The zero-order valence-corrected chi connectivity index (χ0v) is 9.47. The van der Waals surface area contributed by atoms with E-state index in [9.17, 15) is 9.18 Å². The molecule has 88 valence electrons. The van der Waals surface area contributed by atoms with Crippen LogP contribution in [0.3, 0.4) is 0 Å². The lowest BCUT2D eigenvalue weighted by atomic mass is 10.0. The third kappa shape index (κ3) is 1.65. The van der Waals surface area contributed by atoms with Gasteiger partial charge in [-0.15, -0.1) is 0 Å². The number of methoxy groups -OCH3 is 1. The van der Waals surface area contributed by atoms with E-state index in [1.54, 1.807) is 7.11 Å². The molecule has 0 amide bonds. The van der Waals surface area contributed by atoms with E-state index < -0.39 is 17.0 Å². The first-order valence-corrected chi connectivity index (χ1v) is 5.41. The molecule has 16 heavy (non-hydrogen) atoms. The van der Waals surface area contributed by atoms with E-state index in [0.717, 1.165) is 25.7 Å². The molecule has 0 spiro atoms. The van der Waals surface area contributed by atoms with Crippen molar-refractivity contribution in [2.24, 2.45) is 0 Å². The molecular formula is C11H15FN2O2. The summed E-state index contributed by atoms with van der Waals surface area (Å²) in [5.41, 5.74) is -1.12. The fourth-order valence-electron chi connectivity index (χ4n) is 2.27. The Labute approximate surface area is 92.9 Å². The van der Waals surface area contributed by atoms with Gasteiger partial charge in [-0.3, -0.25) is 4.79 Å². The number of H-pyrrole nitrogens is 1. The molecule has 1 aliphatic carbocycles. The van der Waals surface area contributed by atoms with E-state index >= 15 is 0 Å². The van der Waals surface area contributed by atoms with Gasteiger partial charge in [0.25, 0.3) is 5.56 Å². The van der Waals surface area contributed by atoms with E-state index in [4.69, 9.17) is 4.74 Å². The average Bonchev–Trinajstić information content (AvgIpc) is 2.75. The van der Waals surface area contributed by atoms with Crippen LogP contribution in [0, 0.1) is 12.7 Å². The Hall–Kier alpha value is -1.23. The second-order valence-corrected chi connectivity index (χ2v) is 4.22. The van der Waals surface area contributed by atoms with Crippen LogP contribution < -0.4 is 5.56 Å². The quantitative estimate of drug-likeness (QED) is 0.833. The first-order valence-electron chi connectivity index (χ1n) is 5.41. The van der Waals surface area contributed by atoms with Gasteiger partial charge in [-0.2, -0.15) is 4.39 Å². The predicted molar refractivity (Wildman–Crippen MR) is 56.7 cm³/mol. The minimum absolute atomic E-state index is 0.127. The third-order valence-electron chi connectivity index (χ3n) is 3.26. The second kappa shape index (κ2) is 3.97. The van der Waals surface area contributed by atoms with Crippen LogP contribution in [0.15, 0.2) is 4.79 Å². The van der Waals surface area contributed by atoms with Crippen LogP contribution in [0.4, 0.5) is 4.39 Å². The van der Waals surface area contributed by atoms with Crippen LogP contribution in [0.5, 0.6) is 0 Å². The maximum absolute atomic E-state index is 13.2. The number of aromatic nitrogens is 2. The van der Waals surface area contributed by atoms with E-state index in [2.05, 4.69) is 9.97 Å². The molecule has 1 aromatic heterocycles. The van der Waals surface area contributed by atoms with E-state index in [1.165, 1.54) is 6.92 Å². The zero-order chi connectivity index (χ0) is 11.8. The minimum Gasteiger partial charge on any atom is -0.370 e. The van der Waals surface area contributed by atoms with Crippen LogP contribution >= 0.6 is 0 Å². The van der Waals surface area contributed by atoms with Gasteiger partial charge in [-0.1, -0.05) is 0 Å². The van der Waals surface area contributed by atoms with Crippen molar-refractivity contribution in [1.82, 2.24) is 9.97 Å². The lowest BCUT2D eigenvalue weighted by Gasteiger charge is -2.26. The molecule has 0 saturated heterocycles. The van der Waals surface area contributed by atoms with Gasteiger partial charge in [0.15, 0.2) is 0 Å². The fraction of sp³-hybridized carbons (Fsp3) is 0.636. The highest BCUT2D eigenvalue weighted by molar-refractivity contribution is 5.11. The number of nitrogens with zero attached hydrogens (tertiary/aromatic N) is 1. The number of halogens is 1. The van der Waals surface area contributed by atoms with Crippen LogP contribution in [0.2, 0.25) is 0 Å². The maximum atomic E-state index is 13.2. The van der Waals surface area contributed by atoms with Gasteiger partial charge in [0, 0.05) is 7.11 Å². The molecule has 0 radical (unpaired) electrons. The van der Waals surface area contributed by atoms with Gasteiger partial charge in [0.2, 0.25) is 5.82 Å². The Morgan fingerprint density at radius 2 is 2.06 bits per heavy atom. The standard InChI is InChI=1S/C11H15FN2O2/c1-7-8(12)9(15)14-10(13-7)11(16-2)5-3-4-6-11/h3-6H2,1-2H3,(H,13,14,15). The highest BCUT2D eigenvalue weighted by Gasteiger charge is 2.38. The topological polar surface area (TPSA) is 55.0 Å². The van der Waals surface area contributed by atoms with E-state index in [0.29, 0.717) is 5.82 Å². The lowest BCUT2D eigenvalue weighted by Crippen LogP contribution is -2.31. The van der Waals surface area contributed by atoms with Crippen molar-refractivity contribution in [2.45, 2.75) is 38.2 Å². The van der Waals surface area contributed by atoms with Crippen LogP contribution in [0.1, 0.15) is 37.2 Å². The monoisotopic (exact) mass is 226 g/mol. The van der Waals surface area contributed by atoms with Gasteiger partial charge >= 0.3 is 0 Å². The van der Waals surface area contributed by atoms with Crippen molar-refractivity contribution in [3.8, 4) is 0 Å². The smallest absolute Gasteiger partial charge is 0.287 e. The summed E-state index contributed by atoms with van der Waals surface area (Å²) in [6.45, 7) is 1.49. The highest BCUT2D eigenvalue weighted by Crippen LogP contribution is 2.39. The van der Waals surface area contributed by atoms with Gasteiger partial charge < -0.3 is 9.72 Å². The average molecular weight is 226 g/mol. The molecule has 0 atom stereocenters. The van der Waals surface area contributed by atoms with Crippen molar-refractivity contribution in [1.29, 1.82) is 0 Å². The van der Waals surface area contributed by atoms with E-state index in [1.807, 2.05) is 0 Å². The molecule has 1 N–H and O–H groups in total. The predicted octanol–water partition coefficient (Wildman–Crippen LogP) is 1.63. The molecule has 1 saturated carbocycles. The number of aromatic amines is 1. The van der Waals surface area contributed by atoms with Gasteiger partial charge in [-0.05, 0) is 32.6 Å². The normalized spacial score (nSPS) is 18.9. The molecule has 4 nitrogen and oxygen atoms in total. The molecule has 1 heterocycles. The molecule has 0 aromatic carbocycles. The van der Waals surface area contributed by atoms with Gasteiger partial charge in [0.05, 0.1) is 5.69 Å². The first kappa shape index (κ1) is 11.3. The number of hydrogen-bond acceptors (Lipinski definition) is 3. The molecule has 0 bridgehead atoms. The van der Waals surface area contributed by atoms with Crippen molar-refractivity contribution in [2.75, 3.05) is 7.11 Å². The summed E-state index contributed by atoms with van der Waals surface area (Å²) >= 11 is 0. The number of rotatable bonds is 2. The minimum atomic E-state index is -0.812. The van der Waals surface area contributed by atoms with Gasteiger partial charge in [-0.25, -0.2) is 4.98 Å². The Morgan fingerprint density at radius 1 is 1.44 bits per heavy atom. The number of aryl methyl sites for hydroxylation is 1. The highest BCUT2D eigenvalue weighted by atomic mass is 19.1. The summed E-state index contributed by atoms with van der Waals surface area (Å²) in [5, 5.41) is 0.